The summed E-state index contributed by atoms with van der Waals surface area (Å²) in [5, 5.41) is 14.8. The Hall–Kier alpha value is -3.19. The fraction of sp³-hybridized carbons (Fsp3) is 0.304. The van der Waals surface area contributed by atoms with E-state index < -0.39 is 11.9 Å². The molecule has 1 heterocycles. The number of carbonyl (C=O) groups is 2. The summed E-state index contributed by atoms with van der Waals surface area (Å²) in [5.74, 6) is -2.59. The Bertz CT molecular complexity index is 811. The van der Waals surface area contributed by atoms with Crippen LogP contribution >= 0.6 is 0 Å². The van der Waals surface area contributed by atoms with Gasteiger partial charge >= 0.3 is 11.9 Å². The maximum atomic E-state index is 12.9. The van der Waals surface area contributed by atoms with E-state index in [0.717, 1.165) is 25.4 Å². The van der Waals surface area contributed by atoms with Crippen LogP contribution < -0.4 is 4.74 Å². The zero-order valence-electron chi connectivity index (χ0n) is 16.6. The second-order valence-corrected chi connectivity index (χ2v) is 6.96. The van der Waals surface area contributed by atoms with E-state index in [9.17, 15) is 4.39 Å². The monoisotopic (exact) mass is 415 g/mol. The van der Waals surface area contributed by atoms with Gasteiger partial charge in [-0.3, -0.25) is 4.90 Å². The fourth-order valence-corrected chi connectivity index (χ4v) is 3.10. The third-order valence-corrected chi connectivity index (χ3v) is 4.56. The van der Waals surface area contributed by atoms with Gasteiger partial charge in [0.25, 0.3) is 0 Å². The molecule has 2 N–H and O–H groups in total. The molecule has 0 aliphatic carbocycles. The number of hydrogen-bond donors (Lipinski definition) is 2. The van der Waals surface area contributed by atoms with Crippen LogP contribution in [0.15, 0.2) is 60.7 Å². The molecule has 7 heteroatoms. The Kier molecular flexibility index (Phi) is 9.54. The molecule has 3 rings (SSSR count). The molecule has 0 saturated carbocycles. The van der Waals surface area contributed by atoms with Gasteiger partial charge in [0.1, 0.15) is 11.6 Å². The number of nitrogens with zero attached hydrogens (tertiary/aromatic N) is 1. The van der Waals surface area contributed by atoms with Gasteiger partial charge in [-0.15, -0.1) is 0 Å². The number of benzene rings is 2. The lowest BCUT2D eigenvalue weighted by Crippen LogP contribution is -2.37. The topological polar surface area (TPSA) is 87.1 Å². The highest BCUT2D eigenvalue weighted by Gasteiger charge is 2.19. The molecule has 6 nitrogen and oxygen atoms in total. The lowest BCUT2D eigenvalue weighted by Gasteiger charge is -2.31. The van der Waals surface area contributed by atoms with Crippen molar-refractivity contribution in [3.8, 4) is 5.75 Å². The van der Waals surface area contributed by atoms with Gasteiger partial charge in [-0.1, -0.05) is 42.5 Å². The Morgan fingerprint density at radius 1 is 1.07 bits per heavy atom. The summed E-state index contributed by atoms with van der Waals surface area (Å²) in [5.41, 5.74) is 1.24. The predicted molar refractivity (Wildman–Crippen MR) is 112 cm³/mol. The summed E-state index contributed by atoms with van der Waals surface area (Å²) in [4.78, 5) is 20.7. The predicted octanol–water partition coefficient (Wildman–Crippen LogP) is 3.79. The summed E-state index contributed by atoms with van der Waals surface area (Å²) in [6, 6.07) is 16.7. The summed E-state index contributed by atoms with van der Waals surface area (Å²) in [6.45, 7) is 3.87. The van der Waals surface area contributed by atoms with Crippen molar-refractivity contribution in [1.29, 1.82) is 0 Å². The molecular weight excluding hydrogens is 389 g/mol. The Morgan fingerprint density at radius 2 is 1.73 bits per heavy atom. The van der Waals surface area contributed by atoms with Gasteiger partial charge in [-0.25, -0.2) is 14.0 Å². The Labute approximate surface area is 175 Å². The molecule has 0 bridgehead atoms. The van der Waals surface area contributed by atoms with Gasteiger partial charge in [0.15, 0.2) is 0 Å². The van der Waals surface area contributed by atoms with Crippen LogP contribution in [0, 0.1) is 11.7 Å². The van der Waals surface area contributed by atoms with Gasteiger partial charge in [0.05, 0.1) is 6.61 Å². The van der Waals surface area contributed by atoms with Crippen LogP contribution in [0.1, 0.15) is 18.4 Å². The number of likely N-dealkylation sites (tertiary alicyclic amines) is 1. The van der Waals surface area contributed by atoms with Crippen molar-refractivity contribution in [3.05, 3.63) is 72.1 Å². The van der Waals surface area contributed by atoms with Crippen molar-refractivity contribution in [3.63, 3.8) is 0 Å². The average Bonchev–Trinajstić information content (AvgIpc) is 2.75. The molecule has 1 aliphatic rings. The average molecular weight is 415 g/mol. The van der Waals surface area contributed by atoms with Crippen LogP contribution in [0.2, 0.25) is 0 Å². The first kappa shape index (κ1) is 23.1. The van der Waals surface area contributed by atoms with Gasteiger partial charge in [0.2, 0.25) is 0 Å². The van der Waals surface area contributed by atoms with E-state index in [0.29, 0.717) is 12.5 Å². The maximum absolute atomic E-state index is 12.9. The quantitative estimate of drug-likeness (QED) is 0.698. The molecule has 1 atom stereocenters. The molecule has 30 heavy (non-hydrogen) atoms. The molecule has 160 valence electrons. The van der Waals surface area contributed by atoms with Gasteiger partial charge in [0, 0.05) is 19.0 Å². The minimum Gasteiger partial charge on any atom is -0.493 e. The number of piperidine rings is 1. The van der Waals surface area contributed by atoms with Gasteiger partial charge in [-0.05, 0) is 49.2 Å². The molecule has 1 unspecified atom stereocenters. The third kappa shape index (κ3) is 8.87. The molecule has 0 aromatic heterocycles. The van der Waals surface area contributed by atoms with Crippen molar-refractivity contribution in [2.24, 2.45) is 5.92 Å². The van der Waals surface area contributed by atoms with Crippen molar-refractivity contribution < 1.29 is 28.9 Å². The van der Waals surface area contributed by atoms with Gasteiger partial charge < -0.3 is 14.9 Å². The second-order valence-electron chi connectivity index (χ2n) is 6.96. The highest BCUT2D eigenvalue weighted by Crippen LogP contribution is 2.19. The van der Waals surface area contributed by atoms with Crippen LogP contribution in [0.5, 0.6) is 5.75 Å². The van der Waals surface area contributed by atoms with Crippen molar-refractivity contribution in [2.75, 3.05) is 26.2 Å². The maximum Gasteiger partial charge on any atom is 0.414 e. The Morgan fingerprint density at radius 3 is 2.37 bits per heavy atom. The number of rotatable bonds is 6. The summed E-state index contributed by atoms with van der Waals surface area (Å²) in [6.07, 6.45) is 6.81. The van der Waals surface area contributed by atoms with Crippen LogP contribution in [0.25, 0.3) is 6.08 Å². The number of halogens is 1. The highest BCUT2D eigenvalue weighted by molar-refractivity contribution is 6.27. The second kappa shape index (κ2) is 12.4. The molecule has 1 aliphatic heterocycles. The molecule has 2 aromatic carbocycles. The van der Waals surface area contributed by atoms with Crippen LogP contribution in [-0.2, 0) is 9.59 Å². The van der Waals surface area contributed by atoms with Crippen molar-refractivity contribution in [1.82, 2.24) is 4.90 Å². The van der Waals surface area contributed by atoms with E-state index in [1.807, 2.05) is 6.07 Å². The fourth-order valence-electron chi connectivity index (χ4n) is 3.10. The van der Waals surface area contributed by atoms with E-state index in [1.165, 1.54) is 30.5 Å². The largest absolute Gasteiger partial charge is 0.493 e. The molecule has 1 fully saturated rings. The smallest absolute Gasteiger partial charge is 0.414 e. The molecule has 2 aromatic rings. The SMILES string of the molecule is Fc1ccc(OCC2CCCN(CC=Cc3ccccc3)C2)cc1.O=C(O)C(=O)O. The first-order valence-electron chi connectivity index (χ1n) is 9.72. The van der Waals surface area contributed by atoms with E-state index in [4.69, 9.17) is 24.5 Å². The van der Waals surface area contributed by atoms with E-state index in [2.05, 4.69) is 41.3 Å². The molecular formula is C23H26FNO5. The molecule has 0 amide bonds. The lowest BCUT2D eigenvalue weighted by atomic mass is 9.99. The summed E-state index contributed by atoms with van der Waals surface area (Å²) in [7, 11) is 0. The zero-order valence-corrected chi connectivity index (χ0v) is 16.6. The molecule has 0 spiro atoms. The van der Waals surface area contributed by atoms with E-state index >= 15 is 0 Å². The zero-order chi connectivity index (χ0) is 21.8. The summed E-state index contributed by atoms with van der Waals surface area (Å²) < 4.78 is 18.7. The minimum absolute atomic E-state index is 0.226. The van der Waals surface area contributed by atoms with Crippen LogP contribution in [0.4, 0.5) is 4.39 Å². The third-order valence-electron chi connectivity index (χ3n) is 4.56. The van der Waals surface area contributed by atoms with Crippen molar-refractivity contribution in [2.45, 2.75) is 12.8 Å². The summed E-state index contributed by atoms with van der Waals surface area (Å²) >= 11 is 0. The molecule has 1 saturated heterocycles. The first-order chi connectivity index (χ1) is 14.4. The first-order valence-corrected chi connectivity index (χ1v) is 9.72. The van der Waals surface area contributed by atoms with Gasteiger partial charge in [-0.2, -0.15) is 0 Å². The highest BCUT2D eigenvalue weighted by atomic mass is 19.1. The van der Waals surface area contributed by atoms with Crippen LogP contribution in [0.3, 0.4) is 0 Å². The number of aliphatic carboxylic acids is 2. The number of hydrogen-bond acceptors (Lipinski definition) is 4. The molecule has 0 radical (unpaired) electrons. The number of carboxylic acid groups (broad SMARTS) is 2. The Balaban J connectivity index is 0.000000469. The van der Waals surface area contributed by atoms with Crippen LogP contribution in [-0.4, -0.2) is 53.3 Å². The van der Waals surface area contributed by atoms with E-state index in [-0.39, 0.29) is 5.82 Å². The lowest BCUT2D eigenvalue weighted by molar-refractivity contribution is -0.159. The number of carboxylic acids is 2. The minimum atomic E-state index is -1.82. The normalized spacial score (nSPS) is 16.5. The van der Waals surface area contributed by atoms with Crippen molar-refractivity contribution >= 4 is 18.0 Å². The van der Waals surface area contributed by atoms with E-state index in [1.54, 1.807) is 12.1 Å². The number of ether oxygens (including phenoxy) is 1. The standard InChI is InChI=1S/C21H24FNO.C2H2O4/c22-20-10-12-21(13-11-20)24-17-19-9-5-15-23(16-19)14-4-8-18-6-2-1-3-7-18;3-1(4)2(5)6/h1-4,6-8,10-13,19H,5,9,14-17H2;(H,3,4)(H,5,6).